The van der Waals surface area contributed by atoms with Gasteiger partial charge in [0.05, 0.1) is 27.7 Å². The molecule has 9 nitrogen and oxygen atoms in total. The lowest BCUT2D eigenvalue weighted by molar-refractivity contribution is -0.870. The van der Waals surface area contributed by atoms with E-state index in [1.807, 2.05) is 21.1 Å². The number of ether oxygens (including phenoxy) is 2. The van der Waals surface area contributed by atoms with Gasteiger partial charge in [-0.2, -0.15) is 0 Å². The number of quaternary nitrogens is 1. The third-order valence-corrected chi connectivity index (χ3v) is 9.19. The Morgan fingerprint density at radius 2 is 1.06 bits per heavy atom. The van der Waals surface area contributed by atoms with E-state index in [1.165, 1.54) is 51.4 Å². The Balaban J connectivity index is 4.45. The van der Waals surface area contributed by atoms with Crippen LogP contribution in [0.1, 0.15) is 162 Å². The Morgan fingerprint density at radius 1 is 0.612 bits per heavy atom. The summed E-state index contributed by atoms with van der Waals surface area (Å²) in [5, 5.41) is 0. The zero-order chi connectivity index (χ0) is 36.5. The van der Waals surface area contributed by atoms with Gasteiger partial charge in [-0.25, -0.2) is 4.57 Å². The minimum absolute atomic E-state index is 0.0296. The number of unbranched alkanes of at least 4 members (excludes halogenated alkanes) is 17. The lowest BCUT2D eigenvalue weighted by Gasteiger charge is -2.24. The maximum atomic E-state index is 12.6. The fourth-order valence-corrected chi connectivity index (χ4v) is 5.79. The molecule has 2 atom stereocenters. The molecule has 0 spiro atoms. The van der Waals surface area contributed by atoms with Gasteiger partial charge >= 0.3 is 19.8 Å². The number of carbonyl (C=O) groups is 2. The first kappa shape index (κ1) is 47.5. The number of hydrogen-bond acceptors (Lipinski definition) is 7. The molecule has 1 N–H and O–H groups in total. The third-order valence-electron chi connectivity index (χ3n) is 8.20. The van der Waals surface area contributed by atoms with E-state index in [9.17, 15) is 19.0 Å². The van der Waals surface area contributed by atoms with Crippen LogP contribution in [0.5, 0.6) is 0 Å². The summed E-state index contributed by atoms with van der Waals surface area (Å²) in [6.45, 7) is 4.34. The first-order valence-electron chi connectivity index (χ1n) is 19.6. The first-order chi connectivity index (χ1) is 23.5. The Labute approximate surface area is 300 Å². The molecule has 0 amide bonds. The Morgan fingerprint density at radius 3 is 1.57 bits per heavy atom. The van der Waals surface area contributed by atoms with Crippen molar-refractivity contribution in [2.75, 3.05) is 47.5 Å². The Hall–Kier alpha value is -1.51. The molecule has 288 valence electrons. The van der Waals surface area contributed by atoms with E-state index in [0.717, 1.165) is 77.0 Å². The zero-order valence-electron chi connectivity index (χ0n) is 32.2. The van der Waals surface area contributed by atoms with Gasteiger partial charge in [0.25, 0.3) is 0 Å². The maximum absolute atomic E-state index is 12.6. The number of phosphoric acid groups is 1. The molecular weight excluding hydrogens is 641 g/mol. The van der Waals surface area contributed by atoms with Crippen molar-refractivity contribution in [3.8, 4) is 0 Å². The summed E-state index contributed by atoms with van der Waals surface area (Å²) in [6, 6.07) is 0. The van der Waals surface area contributed by atoms with Crippen molar-refractivity contribution in [1.82, 2.24) is 0 Å². The fourth-order valence-electron chi connectivity index (χ4n) is 5.05. The standard InChI is InChI=1S/C39H74NO8P/c1-6-8-10-12-14-16-18-19-20-22-24-26-28-30-32-39(42)48-37(36-47-49(43,44)46-34-33-40(3,4)5)35-45-38(41)31-29-27-25-23-21-17-15-13-11-9-7-2/h13,15,18-19,37H,6-12,14,16-17,20-36H2,1-5H3/p+1/b15-13-,19-18-/t37-/m1/s1. The molecule has 1 unspecified atom stereocenters. The highest BCUT2D eigenvalue weighted by atomic mass is 31.2. The molecule has 0 aliphatic heterocycles. The van der Waals surface area contributed by atoms with Gasteiger partial charge in [-0.05, 0) is 57.8 Å². The molecule has 0 rings (SSSR count). The second kappa shape index (κ2) is 32.4. The van der Waals surface area contributed by atoms with Crippen molar-refractivity contribution >= 4 is 19.8 Å². The van der Waals surface area contributed by atoms with Gasteiger partial charge in [-0.1, -0.05) is 115 Å². The molecule has 0 aromatic carbocycles. The summed E-state index contributed by atoms with van der Waals surface area (Å²) in [7, 11) is 1.47. The average Bonchev–Trinajstić information content (AvgIpc) is 3.04. The summed E-state index contributed by atoms with van der Waals surface area (Å²) in [6.07, 6.45) is 32.2. The first-order valence-corrected chi connectivity index (χ1v) is 21.1. The van der Waals surface area contributed by atoms with Crippen molar-refractivity contribution in [2.24, 2.45) is 0 Å². The average molecular weight is 717 g/mol. The normalized spacial score (nSPS) is 14.0. The van der Waals surface area contributed by atoms with Crippen LogP contribution in [0.3, 0.4) is 0 Å². The summed E-state index contributed by atoms with van der Waals surface area (Å²) in [4.78, 5) is 35.1. The summed E-state index contributed by atoms with van der Waals surface area (Å²) in [5.41, 5.74) is 0. The van der Waals surface area contributed by atoms with Gasteiger partial charge in [0.15, 0.2) is 6.10 Å². The molecular formula is C39H75NO8P+. The van der Waals surface area contributed by atoms with Gasteiger partial charge in [0.1, 0.15) is 19.8 Å². The molecule has 0 aromatic rings. The molecule has 0 aliphatic rings. The summed E-state index contributed by atoms with van der Waals surface area (Å²) in [5.74, 6) is -0.821. The van der Waals surface area contributed by atoms with Crippen molar-refractivity contribution in [2.45, 2.75) is 168 Å². The predicted molar refractivity (Wildman–Crippen MR) is 201 cm³/mol. The van der Waals surface area contributed by atoms with Crippen LogP contribution in [0, 0.1) is 0 Å². The van der Waals surface area contributed by atoms with E-state index in [1.54, 1.807) is 0 Å². The van der Waals surface area contributed by atoms with Crippen LogP contribution in [-0.4, -0.2) is 74.9 Å². The van der Waals surface area contributed by atoms with Gasteiger partial charge in [-0.15, -0.1) is 0 Å². The molecule has 0 aliphatic carbocycles. The van der Waals surface area contributed by atoms with Gasteiger partial charge < -0.3 is 18.9 Å². The minimum atomic E-state index is -4.37. The van der Waals surface area contributed by atoms with E-state index in [-0.39, 0.29) is 32.0 Å². The lowest BCUT2D eigenvalue weighted by Crippen LogP contribution is -2.37. The number of likely N-dealkylation sites (N-methyl/N-ethyl adjacent to an activating group) is 1. The number of allylic oxidation sites excluding steroid dienone is 4. The zero-order valence-corrected chi connectivity index (χ0v) is 33.1. The number of nitrogens with zero attached hydrogens (tertiary/aromatic N) is 1. The molecule has 49 heavy (non-hydrogen) atoms. The van der Waals surface area contributed by atoms with Crippen LogP contribution in [-0.2, 0) is 32.7 Å². The monoisotopic (exact) mass is 717 g/mol. The highest BCUT2D eigenvalue weighted by Crippen LogP contribution is 2.43. The topological polar surface area (TPSA) is 108 Å². The highest BCUT2D eigenvalue weighted by Gasteiger charge is 2.27. The molecule has 0 saturated carbocycles. The number of hydrogen-bond donors (Lipinski definition) is 1. The SMILES string of the molecule is CCCC/C=C\CCCCCCCC(=O)OC[C@H](COP(=O)(O)OCC[N+](C)(C)C)OC(=O)CCCCCCC/C=C\CCCCCCC. The van der Waals surface area contributed by atoms with Gasteiger partial charge in [-0.3, -0.25) is 18.6 Å². The number of esters is 2. The summed E-state index contributed by atoms with van der Waals surface area (Å²) >= 11 is 0. The lowest BCUT2D eigenvalue weighted by atomic mass is 10.1. The van der Waals surface area contributed by atoms with E-state index in [0.29, 0.717) is 17.4 Å². The predicted octanol–water partition coefficient (Wildman–Crippen LogP) is 10.4. The van der Waals surface area contributed by atoms with Crippen LogP contribution in [0.25, 0.3) is 0 Å². The van der Waals surface area contributed by atoms with Gasteiger partial charge in [0.2, 0.25) is 0 Å². The Bertz CT molecular complexity index is 902. The Kier molecular flexibility index (Phi) is 31.4. The largest absolute Gasteiger partial charge is 0.472 e. The van der Waals surface area contributed by atoms with E-state index in [2.05, 4.69) is 38.2 Å². The van der Waals surface area contributed by atoms with Crippen LogP contribution in [0.2, 0.25) is 0 Å². The second-order valence-electron chi connectivity index (χ2n) is 14.3. The third kappa shape index (κ3) is 36.1. The molecule has 0 saturated heterocycles. The van der Waals surface area contributed by atoms with Crippen LogP contribution in [0.4, 0.5) is 0 Å². The smallest absolute Gasteiger partial charge is 0.462 e. The van der Waals surface area contributed by atoms with Crippen molar-refractivity contribution < 1.29 is 42.1 Å². The molecule has 10 heteroatoms. The minimum Gasteiger partial charge on any atom is -0.462 e. The molecule has 0 aromatic heterocycles. The van der Waals surface area contributed by atoms with Crippen molar-refractivity contribution in [1.29, 1.82) is 0 Å². The highest BCUT2D eigenvalue weighted by molar-refractivity contribution is 7.47. The van der Waals surface area contributed by atoms with Crippen molar-refractivity contribution in [3.63, 3.8) is 0 Å². The number of phosphoric ester groups is 1. The van der Waals surface area contributed by atoms with Crippen LogP contribution in [0.15, 0.2) is 24.3 Å². The molecule has 0 radical (unpaired) electrons. The van der Waals surface area contributed by atoms with Crippen molar-refractivity contribution in [3.05, 3.63) is 24.3 Å². The van der Waals surface area contributed by atoms with Crippen LogP contribution >= 0.6 is 7.82 Å². The quantitative estimate of drug-likeness (QED) is 0.0227. The van der Waals surface area contributed by atoms with Gasteiger partial charge in [0, 0.05) is 12.8 Å². The summed E-state index contributed by atoms with van der Waals surface area (Å²) < 4.78 is 34.1. The second-order valence-corrected chi connectivity index (χ2v) is 15.8. The molecule has 0 bridgehead atoms. The molecule has 0 heterocycles. The maximum Gasteiger partial charge on any atom is 0.472 e. The van der Waals surface area contributed by atoms with E-state index >= 15 is 0 Å². The van der Waals surface area contributed by atoms with E-state index < -0.39 is 26.5 Å². The fraction of sp³-hybridized carbons (Fsp3) is 0.846. The number of rotatable bonds is 35. The molecule has 0 fully saturated rings. The number of carbonyl (C=O) groups excluding carboxylic acids is 2. The van der Waals surface area contributed by atoms with Crippen LogP contribution < -0.4 is 0 Å². The van der Waals surface area contributed by atoms with E-state index in [4.69, 9.17) is 18.5 Å².